The summed E-state index contributed by atoms with van der Waals surface area (Å²) >= 11 is 0. The molecule has 0 bridgehead atoms. The standard InChI is InChI=1S/C11H10N2O2.C2H6/c1-8(14)10(7-12)11(15)13-9-5-3-2-4-6-9;1-2/h2-6,14H,1H3,(H,13,15);1-2H3/b10-8-;. The van der Waals surface area contributed by atoms with Crippen LogP contribution in [0, 0.1) is 11.3 Å². The Kier molecular flexibility index (Phi) is 6.88. The molecule has 90 valence electrons. The van der Waals surface area contributed by atoms with Gasteiger partial charge in [0.05, 0.1) is 0 Å². The van der Waals surface area contributed by atoms with Crippen LogP contribution in [0.15, 0.2) is 41.7 Å². The lowest BCUT2D eigenvalue weighted by molar-refractivity contribution is -0.112. The maximum Gasteiger partial charge on any atom is 0.269 e. The molecule has 0 aliphatic rings. The van der Waals surface area contributed by atoms with Crippen LogP contribution in [0.25, 0.3) is 0 Å². The Morgan fingerprint density at radius 1 is 1.29 bits per heavy atom. The molecule has 2 N–H and O–H groups in total. The first-order valence-electron chi connectivity index (χ1n) is 5.31. The molecule has 17 heavy (non-hydrogen) atoms. The Balaban J connectivity index is 0.00000121. The van der Waals surface area contributed by atoms with E-state index in [0.29, 0.717) is 5.69 Å². The maximum absolute atomic E-state index is 11.4. The van der Waals surface area contributed by atoms with Gasteiger partial charge in [-0.2, -0.15) is 5.26 Å². The summed E-state index contributed by atoms with van der Waals surface area (Å²) < 4.78 is 0. The summed E-state index contributed by atoms with van der Waals surface area (Å²) in [5.74, 6) is -0.894. The molecule has 0 atom stereocenters. The van der Waals surface area contributed by atoms with Gasteiger partial charge in [-0.1, -0.05) is 32.0 Å². The highest BCUT2D eigenvalue weighted by molar-refractivity contribution is 6.06. The third-order valence-electron chi connectivity index (χ3n) is 1.73. The van der Waals surface area contributed by atoms with E-state index in [2.05, 4.69) is 5.32 Å². The van der Waals surface area contributed by atoms with Gasteiger partial charge in [0.25, 0.3) is 5.91 Å². The smallest absolute Gasteiger partial charge is 0.269 e. The molecule has 0 saturated heterocycles. The van der Waals surface area contributed by atoms with Crippen molar-refractivity contribution >= 4 is 11.6 Å². The average molecular weight is 232 g/mol. The summed E-state index contributed by atoms with van der Waals surface area (Å²) in [7, 11) is 0. The van der Waals surface area contributed by atoms with Crippen molar-refractivity contribution in [3.63, 3.8) is 0 Å². The normalized spacial score (nSPS) is 10.2. The van der Waals surface area contributed by atoms with Crippen molar-refractivity contribution in [2.75, 3.05) is 5.32 Å². The van der Waals surface area contributed by atoms with Crippen LogP contribution in [-0.4, -0.2) is 11.0 Å². The fourth-order valence-corrected chi connectivity index (χ4v) is 1.01. The van der Waals surface area contributed by atoms with E-state index in [0.717, 1.165) is 0 Å². The molecule has 0 aliphatic heterocycles. The molecule has 1 aromatic carbocycles. The monoisotopic (exact) mass is 232 g/mol. The maximum atomic E-state index is 11.4. The van der Waals surface area contributed by atoms with E-state index in [4.69, 9.17) is 10.4 Å². The Morgan fingerprint density at radius 3 is 2.24 bits per heavy atom. The summed E-state index contributed by atoms with van der Waals surface area (Å²) in [5, 5.41) is 20.2. The predicted octanol–water partition coefficient (Wildman–Crippen LogP) is 3.01. The van der Waals surface area contributed by atoms with Crippen LogP contribution in [0.5, 0.6) is 0 Å². The first-order valence-corrected chi connectivity index (χ1v) is 5.31. The molecular weight excluding hydrogens is 216 g/mol. The number of hydrogen-bond acceptors (Lipinski definition) is 3. The van der Waals surface area contributed by atoms with Crippen LogP contribution in [0.2, 0.25) is 0 Å². The van der Waals surface area contributed by atoms with Gasteiger partial charge in [-0.15, -0.1) is 0 Å². The highest BCUT2D eigenvalue weighted by atomic mass is 16.3. The quantitative estimate of drug-likeness (QED) is 0.467. The van der Waals surface area contributed by atoms with Crippen molar-refractivity contribution in [1.29, 1.82) is 5.26 Å². The molecular formula is C13H16N2O2. The van der Waals surface area contributed by atoms with Crippen LogP contribution in [0.4, 0.5) is 5.69 Å². The average Bonchev–Trinajstić information content (AvgIpc) is 2.33. The lowest BCUT2D eigenvalue weighted by atomic mass is 10.2. The van der Waals surface area contributed by atoms with Gasteiger partial charge in [0, 0.05) is 5.69 Å². The summed E-state index contributed by atoms with van der Waals surface area (Å²) in [6, 6.07) is 10.4. The Labute approximate surface area is 101 Å². The molecule has 0 aromatic heterocycles. The molecule has 4 heteroatoms. The second-order valence-corrected chi connectivity index (χ2v) is 2.89. The number of aliphatic hydroxyl groups excluding tert-OH is 1. The number of para-hydroxylation sites is 1. The van der Waals surface area contributed by atoms with Gasteiger partial charge in [0.15, 0.2) is 5.57 Å². The van der Waals surface area contributed by atoms with Gasteiger partial charge >= 0.3 is 0 Å². The first kappa shape index (κ1) is 14.7. The topological polar surface area (TPSA) is 73.1 Å². The third-order valence-corrected chi connectivity index (χ3v) is 1.73. The number of nitrogens with one attached hydrogen (secondary N) is 1. The van der Waals surface area contributed by atoms with Crippen LogP contribution in [0.3, 0.4) is 0 Å². The number of rotatable bonds is 2. The van der Waals surface area contributed by atoms with E-state index in [1.165, 1.54) is 6.92 Å². The first-order chi connectivity index (χ1) is 8.15. The number of amides is 1. The predicted molar refractivity (Wildman–Crippen MR) is 67.4 cm³/mol. The highest BCUT2D eigenvalue weighted by Gasteiger charge is 2.11. The van der Waals surface area contributed by atoms with Crippen molar-refractivity contribution in [2.24, 2.45) is 0 Å². The number of hydrogen-bond donors (Lipinski definition) is 2. The van der Waals surface area contributed by atoms with E-state index in [1.54, 1.807) is 30.3 Å². The van der Waals surface area contributed by atoms with Gasteiger partial charge in [-0.25, -0.2) is 0 Å². The second kappa shape index (κ2) is 7.94. The molecule has 0 radical (unpaired) electrons. The molecule has 0 spiro atoms. The third kappa shape index (κ3) is 4.85. The fraction of sp³-hybridized carbons (Fsp3) is 0.231. The van der Waals surface area contributed by atoms with Gasteiger partial charge in [-0.3, -0.25) is 4.79 Å². The van der Waals surface area contributed by atoms with E-state index in [9.17, 15) is 4.79 Å². The second-order valence-electron chi connectivity index (χ2n) is 2.89. The van der Waals surface area contributed by atoms with Gasteiger partial charge in [-0.05, 0) is 19.1 Å². The highest BCUT2D eigenvalue weighted by Crippen LogP contribution is 2.08. The largest absolute Gasteiger partial charge is 0.511 e. The van der Waals surface area contributed by atoms with Crippen LogP contribution in [0.1, 0.15) is 20.8 Å². The number of carbonyl (C=O) groups excluding carboxylic acids is 1. The summed E-state index contributed by atoms with van der Waals surface area (Å²) in [4.78, 5) is 11.4. The van der Waals surface area contributed by atoms with Crippen LogP contribution < -0.4 is 5.32 Å². The van der Waals surface area contributed by atoms with Gasteiger partial charge in [0.2, 0.25) is 0 Å². The van der Waals surface area contributed by atoms with E-state index in [-0.39, 0.29) is 11.3 Å². The Bertz CT molecular complexity index is 426. The molecule has 1 rings (SSSR count). The Morgan fingerprint density at radius 2 is 1.82 bits per heavy atom. The number of anilines is 1. The van der Waals surface area contributed by atoms with Gasteiger partial charge in [0.1, 0.15) is 11.8 Å². The zero-order valence-corrected chi connectivity index (χ0v) is 10.2. The number of nitriles is 1. The lowest BCUT2D eigenvalue weighted by Crippen LogP contribution is -2.14. The zero-order chi connectivity index (χ0) is 13.3. The van der Waals surface area contributed by atoms with E-state index in [1.807, 2.05) is 19.9 Å². The molecule has 0 heterocycles. The van der Waals surface area contributed by atoms with Crippen LogP contribution in [-0.2, 0) is 4.79 Å². The SMILES string of the molecule is C/C(O)=C(\C#N)C(=O)Nc1ccccc1.CC. The molecule has 0 unspecified atom stereocenters. The lowest BCUT2D eigenvalue weighted by Gasteiger charge is -2.03. The number of benzene rings is 1. The van der Waals surface area contributed by atoms with Crippen molar-refractivity contribution < 1.29 is 9.90 Å². The van der Waals surface area contributed by atoms with Crippen molar-refractivity contribution in [2.45, 2.75) is 20.8 Å². The number of allylic oxidation sites excluding steroid dienone is 1. The molecule has 0 saturated carbocycles. The molecule has 0 aliphatic carbocycles. The fourth-order valence-electron chi connectivity index (χ4n) is 1.01. The van der Waals surface area contributed by atoms with Gasteiger partial charge < -0.3 is 10.4 Å². The summed E-state index contributed by atoms with van der Waals surface area (Å²) in [5.41, 5.74) is 0.301. The summed E-state index contributed by atoms with van der Waals surface area (Å²) in [6.45, 7) is 5.29. The molecule has 1 aromatic rings. The van der Waals surface area contributed by atoms with E-state index < -0.39 is 5.91 Å². The molecule has 4 nitrogen and oxygen atoms in total. The number of aliphatic hydroxyl groups is 1. The zero-order valence-electron chi connectivity index (χ0n) is 10.2. The number of carbonyl (C=O) groups is 1. The van der Waals surface area contributed by atoms with Crippen LogP contribution >= 0.6 is 0 Å². The molecule has 0 fully saturated rings. The van der Waals surface area contributed by atoms with Crippen molar-refractivity contribution in [1.82, 2.24) is 0 Å². The Hall–Kier alpha value is -2.28. The minimum Gasteiger partial charge on any atom is -0.511 e. The minimum atomic E-state index is -0.608. The van der Waals surface area contributed by atoms with Crippen molar-refractivity contribution in [3.05, 3.63) is 41.7 Å². The van der Waals surface area contributed by atoms with E-state index >= 15 is 0 Å². The minimum absolute atomic E-state index is 0.279. The van der Waals surface area contributed by atoms with Crippen molar-refractivity contribution in [3.8, 4) is 6.07 Å². The summed E-state index contributed by atoms with van der Waals surface area (Å²) in [6.07, 6.45) is 0. The number of nitrogens with zero attached hydrogens (tertiary/aromatic N) is 1. The molecule has 1 amide bonds.